The van der Waals surface area contributed by atoms with E-state index in [1.807, 2.05) is 0 Å². The van der Waals surface area contributed by atoms with E-state index in [9.17, 15) is 4.79 Å². The first-order valence-corrected chi connectivity index (χ1v) is 6.40. The van der Waals surface area contributed by atoms with Gasteiger partial charge in [0.15, 0.2) is 0 Å². The summed E-state index contributed by atoms with van der Waals surface area (Å²) in [6.07, 6.45) is 10.0. The Morgan fingerprint density at radius 2 is 2.12 bits per heavy atom. The van der Waals surface area contributed by atoms with Crippen LogP contribution in [0.25, 0.3) is 0 Å². The maximum atomic E-state index is 11.7. The summed E-state index contributed by atoms with van der Waals surface area (Å²) >= 11 is 0. The first-order chi connectivity index (χ1) is 7.76. The highest BCUT2D eigenvalue weighted by Crippen LogP contribution is 2.15. The second kappa shape index (κ2) is 7.44. The third-order valence-corrected chi connectivity index (χ3v) is 3.30. The summed E-state index contributed by atoms with van der Waals surface area (Å²) in [5.74, 6) is 0.807. The molecule has 0 fully saturated rings. The Balaban J connectivity index is 2.13. The van der Waals surface area contributed by atoms with Crippen molar-refractivity contribution in [3.05, 3.63) is 12.2 Å². The van der Waals surface area contributed by atoms with Crippen LogP contribution in [0.2, 0.25) is 0 Å². The first kappa shape index (κ1) is 13.2. The van der Waals surface area contributed by atoms with Crippen molar-refractivity contribution in [3.63, 3.8) is 0 Å². The van der Waals surface area contributed by atoms with Crippen LogP contribution in [0.4, 0.5) is 0 Å². The van der Waals surface area contributed by atoms with E-state index in [0.29, 0.717) is 18.4 Å². The summed E-state index contributed by atoms with van der Waals surface area (Å²) in [4.78, 5) is 11.7. The molecule has 3 nitrogen and oxygen atoms in total. The van der Waals surface area contributed by atoms with Crippen molar-refractivity contribution < 1.29 is 4.79 Å². The summed E-state index contributed by atoms with van der Waals surface area (Å²) in [6.45, 7) is 2.89. The molecule has 0 saturated heterocycles. The van der Waals surface area contributed by atoms with Crippen LogP contribution in [0.3, 0.4) is 0 Å². The van der Waals surface area contributed by atoms with Gasteiger partial charge < -0.3 is 11.1 Å². The predicted octanol–water partition coefficient (Wildman–Crippen LogP) is 1.98. The molecule has 1 atom stereocenters. The number of hydrogen-bond donors (Lipinski definition) is 2. The highest BCUT2D eigenvalue weighted by atomic mass is 16.1. The number of nitrogens with two attached hydrogens (primary N) is 1. The second-order valence-electron chi connectivity index (χ2n) is 4.60. The van der Waals surface area contributed by atoms with E-state index in [2.05, 4.69) is 24.4 Å². The summed E-state index contributed by atoms with van der Waals surface area (Å²) in [5.41, 5.74) is 5.53. The molecule has 3 heteroatoms. The van der Waals surface area contributed by atoms with Gasteiger partial charge in [0.1, 0.15) is 0 Å². The van der Waals surface area contributed by atoms with Crippen molar-refractivity contribution in [2.24, 2.45) is 11.7 Å². The van der Waals surface area contributed by atoms with Gasteiger partial charge in [0, 0.05) is 12.5 Å². The van der Waals surface area contributed by atoms with Crippen molar-refractivity contribution in [2.75, 3.05) is 6.54 Å². The van der Waals surface area contributed by atoms with E-state index in [1.54, 1.807) is 0 Å². The van der Waals surface area contributed by atoms with Crippen molar-refractivity contribution in [2.45, 2.75) is 51.5 Å². The van der Waals surface area contributed by atoms with E-state index in [1.165, 1.54) is 0 Å². The zero-order valence-electron chi connectivity index (χ0n) is 10.2. The number of carbonyl (C=O) groups is 1. The van der Waals surface area contributed by atoms with Gasteiger partial charge in [-0.25, -0.2) is 0 Å². The van der Waals surface area contributed by atoms with Crippen LogP contribution in [0.15, 0.2) is 12.2 Å². The number of carbonyl (C=O) groups excluding carboxylic acids is 1. The molecule has 0 radical (unpaired) electrons. The fourth-order valence-electron chi connectivity index (χ4n) is 2.16. The second-order valence-corrected chi connectivity index (χ2v) is 4.60. The van der Waals surface area contributed by atoms with Gasteiger partial charge in [-0.15, -0.1) is 0 Å². The zero-order valence-corrected chi connectivity index (χ0v) is 10.2. The molecule has 0 spiro atoms. The average Bonchev–Trinajstić information content (AvgIpc) is 2.76. The number of nitrogens with one attached hydrogen (secondary N) is 1. The predicted molar refractivity (Wildman–Crippen MR) is 67.0 cm³/mol. The van der Waals surface area contributed by atoms with Crippen molar-refractivity contribution in [1.82, 2.24) is 5.32 Å². The van der Waals surface area contributed by atoms with Crippen LogP contribution in [-0.2, 0) is 4.79 Å². The van der Waals surface area contributed by atoms with Crippen molar-refractivity contribution in [1.29, 1.82) is 0 Å². The van der Waals surface area contributed by atoms with E-state index in [-0.39, 0.29) is 5.91 Å². The average molecular weight is 224 g/mol. The lowest BCUT2D eigenvalue weighted by molar-refractivity contribution is -0.122. The Bertz CT molecular complexity index is 230. The molecule has 0 bridgehead atoms. The lowest BCUT2D eigenvalue weighted by atomic mass is 9.96. The van der Waals surface area contributed by atoms with E-state index < -0.39 is 0 Å². The lowest BCUT2D eigenvalue weighted by Gasteiger charge is -2.15. The van der Waals surface area contributed by atoms with Crippen LogP contribution in [-0.4, -0.2) is 18.5 Å². The lowest BCUT2D eigenvalue weighted by Crippen LogP contribution is -2.32. The van der Waals surface area contributed by atoms with E-state index in [0.717, 1.165) is 38.6 Å². The fourth-order valence-corrected chi connectivity index (χ4v) is 2.16. The van der Waals surface area contributed by atoms with Crippen LogP contribution in [0, 0.1) is 5.92 Å². The van der Waals surface area contributed by atoms with Gasteiger partial charge >= 0.3 is 0 Å². The molecular formula is C13H24N2O. The minimum atomic E-state index is 0.198. The molecule has 16 heavy (non-hydrogen) atoms. The monoisotopic (exact) mass is 224 g/mol. The number of hydrogen-bond acceptors (Lipinski definition) is 2. The van der Waals surface area contributed by atoms with Gasteiger partial charge in [-0.3, -0.25) is 4.79 Å². The summed E-state index contributed by atoms with van der Waals surface area (Å²) in [7, 11) is 0. The highest BCUT2D eigenvalue weighted by Gasteiger charge is 2.14. The summed E-state index contributed by atoms with van der Waals surface area (Å²) in [5, 5.41) is 3.07. The quantitative estimate of drug-likeness (QED) is 0.650. The van der Waals surface area contributed by atoms with Crippen LogP contribution in [0.1, 0.15) is 45.4 Å². The van der Waals surface area contributed by atoms with Crippen molar-refractivity contribution >= 4 is 5.91 Å². The van der Waals surface area contributed by atoms with Gasteiger partial charge in [0.05, 0.1) is 0 Å². The highest BCUT2D eigenvalue weighted by molar-refractivity contribution is 5.76. The molecule has 1 rings (SSSR count). The molecule has 1 amide bonds. The van der Waals surface area contributed by atoms with E-state index in [4.69, 9.17) is 5.73 Å². The maximum Gasteiger partial charge on any atom is 0.220 e. The Morgan fingerprint density at radius 3 is 2.69 bits per heavy atom. The van der Waals surface area contributed by atoms with Crippen molar-refractivity contribution in [3.8, 4) is 0 Å². The minimum Gasteiger partial charge on any atom is -0.353 e. The molecule has 1 aliphatic carbocycles. The van der Waals surface area contributed by atoms with Gasteiger partial charge in [0.2, 0.25) is 5.91 Å². The molecule has 0 saturated carbocycles. The van der Waals surface area contributed by atoms with Gasteiger partial charge in [-0.1, -0.05) is 25.5 Å². The Hall–Kier alpha value is -0.830. The van der Waals surface area contributed by atoms with Crippen LogP contribution in [0.5, 0.6) is 0 Å². The molecule has 0 aromatic rings. The zero-order chi connectivity index (χ0) is 11.8. The van der Waals surface area contributed by atoms with Crippen LogP contribution >= 0.6 is 0 Å². The number of rotatable bonds is 7. The largest absolute Gasteiger partial charge is 0.353 e. The molecule has 1 unspecified atom stereocenters. The van der Waals surface area contributed by atoms with Gasteiger partial charge in [-0.2, -0.15) is 0 Å². The molecule has 3 N–H and O–H groups in total. The molecule has 0 heterocycles. The standard InChI is InChI=1S/C13H24N2O/c1-2-11(9-10-14)7-8-13(16)15-12-5-3-4-6-12/h3-4,11-12H,2,5-10,14H2,1H3,(H,15,16). The third-order valence-electron chi connectivity index (χ3n) is 3.30. The molecular weight excluding hydrogens is 200 g/mol. The summed E-state index contributed by atoms with van der Waals surface area (Å²) in [6, 6.07) is 0.349. The molecule has 0 aromatic heterocycles. The van der Waals surface area contributed by atoms with Gasteiger partial charge in [0.25, 0.3) is 0 Å². The first-order valence-electron chi connectivity index (χ1n) is 6.40. The molecule has 0 aromatic carbocycles. The Labute approximate surface area is 98.5 Å². The molecule has 92 valence electrons. The van der Waals surface area contributed by atoms with Crippen LogP contribution < -0.4 is 11.1 Å². The maximum absolute atomic E-state index is 11.7. The topological polar surface area (TPSA) is 55.1 Å². The van der Waals surface area contributed by atoms with E-state index >= 15 is 0 Å². The number of amides is 1. The third kappa shape index (κ3) is 4.79. The molecule has 1 aliphatic rings. The molecule has 0 aliphatic heterocycles. The Kier molecular flexibility index (Phi) is 6.16. The smallest absolute Gasteiger partial charge is 0.220 e. The summed E-state index contributed by atoms with van der Waals surface area (Å²) < 4.78 is 0. The SMILES string of the molecule is CCC(CCN)CCC(=O)NC1CC=CC1. The van der Waals surface area contributed by atoms with Gasteiger partial charge in [-0.05, 0) is 38.1 Å². The minimum absolute atomic E-state index is 0.198. The Morgan fingerprint density at radius 1 is 1.44 bits per heavy atom. The fraction of sp³-hybridized carbons (Fsp3) is 0.769. The normalized spacial score (nSPS) is 17.6.